The third-order valence-electron chi connectivity index (χ3n) is 3.22. The lowest BCUT2D eigenvalue weighted by molar-refractivity contribution is 0.0952. The number of rotatable bonds is 4. The molecule has 3 aromatic rings. The Morgan fingerprint density at radius 3 is 2.68 bits per heavy atom. The molecule has 112 valence electrons. The molecule has 6 heteroatoms. The number of anilines is 1. The van der Waals surface area contributed by atoms with E-state index in [0.717, 1.165) is 5.56 Å². The molecule has 0 aliphatic carbocycles. The standard InChI is InChI=1S/C16H15N3O3/c1-10-7-8-12(21-10)14-13(15(17)22-19-14)16(20)18-9-11-5-3-2-4-6-11/h2-8H,9,17H2,1H3,(H,18,20). The van der Waals surface area contributed by atoms with Crippen molar-refractivity contribution in [1.82, 2.24) is 10.5 Å². The van der Waals surface area contributed by atoms with Gasteiger partial charge in [-0.15, -0.1) is 0 Å². The second-order valence-electron chi connectivity index (χ2n) is 4.85. The zero-order valence-electron chi connectivity index (χ0n) is 12.0. The van der Waals surface area contributed by atoms with Crippen LogP contribution in [0.15, 0.2) is 51.4 Å². The minimum absolute atomic E-state index is 0.0328. The van der Waals surface area contributed by atoms with E-state index in [-0.39, 0.29) is 17.4 Å². The topological polar surface area (TPSA) is 94.3 Å². The minimum atomic E-state index is -0.355. The molecular weight excluding hydrogens is 282 g/mol. The second kappa shape index (κ2) is 5.77. The van der Waals surface area contributed by atoms with Gasteiger partial charge in [-0.2, -0.15) is 0 Å². The van der Waals surface area contributed by atoms with Gasteiger partial charge in [0.2, 0.25) is 5.88 Å². The Bertz CT molecular complexity index is 790. The summed E-state index contributed by atoms with van der Waals surface area (Å²) in [7, 11) is 0. The monoisotopic (exact) mass is 297 g/mol. The molecule has 0 unspecified atom stereocenters. The molecule has 3 rings (SSSR count). The summed E-state index contributed by atoms with van der Waals surface area (Å²) in [5.74, 6) is 0.774. The van der Waals surface area contributed by atoms with E-state index >= 15 is 0 Å². The van der Waals surface area contributed by atoms with E-state index in [1.54, 1.807) is 12.1 Å². The highest BCUT2D eigenvalue weighted by molar-refractivity contribution is 6.03. The van der Waals surface area contributed by atoms with E-state index in [2.05, 4.69) is 10.5 Å². The Hall–Kier alpha value is -3.02. The van der Waals surface area contributed by atoms with E-state index in [4.69, 9.17) is 14.7 Å². The van der Waals surface area contributed by atoms with Gasteiger partial charge in [0.25, 0.3) is 5.91 Å². The molecule has 3 N–H and O–H groups in total. The van der Waals surface area contributed by atoms with Crippen molar-refractivity contribution in [3.05, 3.63) is 59.4 Å². The predicted octanol–water partition coefficient (Wildman–Crippen LogP) is 2.76. The molecule has 2 aromatic heterocycles. The SMILES string of the molecule is Cc1ccc(-c2noc(N)c2C(=O)NCc2ccccc2)o1. The molecule has 1 aromatic carbocycles. The molecule has 0 atom stereocenters. The van der Waals surface area contributed by atoms with Crippen LogP contribution in [-0.4, -0.2) is 11.1 Å². The van der Waals surface area contributed by atoms with Crippen molar-refractivity contribution in [2.45, 2.75) is 13.5 Å². The molecule has 0 fully saturated rings. The van der Waals surface area contributed by atoms with Crippen LogP contribution in [0.3, 0.4) is 0 Å². The van der Waals surface area contributed by atoms with Crippen molar-refractivity contribution < 1.29 is 13.7 Å². The molecule has 0 spiro atoms. The Labute approximate surface area is 126 Å². The maximum Gasteiger partial charge on any atom is 0.259 e. The fraction of sp³-hybridized carbons (Fsp3) is 0.125. The quantitative estimate of drug-likeness (QED) is 0.772. The first-order valence-corrected chi connectivity index (χ1v) is 6.79. The van der Waals surface area contributed by atoms with Gasteiger partial charge in [-0.05, 0) is 24.6 Å². The van der Waals surface area contributed by atoms with Crippen LogP contribution >= 0.6 is 0 Å². The summed E-state index contributed by atoms with van der Waals surface area (Å²) in [6.45, 7) is 2.20. The van der Waals surface area contributed by atoms with Gasteiger partial charge in [-0.1, -0.05) is 35.5 Å². The number of hydrogen-bond acceptors (Lipinski definition) is 5. The number of nitrogens with two attached hydrogens (primary N) is 1. The van der Waals surface area contributed by atoms with Gasteiger partial charge in [-0.25, -0.2) is 0 Å². The predicted molar refractivity (Wildman–Crippen MR) is 81.0 cm³/mol. The van der Waals surface area contributed by atoms with Crippen LogP contribution in [0.1, 0.15) is 21.7 Å². The third-order valence-corrected chi connectivity index (χ3v) is 3.22. The average molecular weight is 297 g/mol. The van der Waals surface area contributed by atoms with E-state index in [9.17, 15) is 4.79 Å². The lowest BCUT2D eigenvalue weighted by Gasteiger charge is -2.04. The van der Waals surface area contributed by atoms with Gasteiger partial charge >= 0.3 is 0 Å². The van der Waals surface area contributed by atoms with Gasteiger partial charge in [0.1, 0.15) is 11.3 Å². The fourth-order valence-electron chi connectivity index (χ4n) is 2.12. The molecule has 6 nitrogen and oxygen atoms in total. The van der Waals surface area contributed by atoms with Gasteiger partial charge in [-0.3, -0.25) is 4.79 Å². The molecule has 1 amide bonds. The van der Waals surface area contributed by atoms with Crippen LogP contribution in [0, 0.1) is 6.92 Å². The number of nitrogens with one attached hydrogen (secondary N) is 1. The first kappa shape index (κ1) is 13.9. The maximum atomic E-state index is 12.4. The fourth-order valence-corrected chi connectivity index (χ4v) is 2.12. The molecule has 0 bridgehead atoms. The average Bonchev–Trinajstić information content (AvgIpc) is 3.12. The summed E-state index contributed by atoms with van der Waals surface area (Å²) >= 11 is 0. The summed E-state index contributed by atoms with van der Waals surface area (Å²) in [4.78, 5) is 12.4. The van der Waals surface area contributed by atoms with Gasteiger partial charge in [0.15, 0.2) is 11.5 Å². The molecule has 0 saturated carbocycles. The number of carbonyl (C=O) groups excluding carboxylic acids is 1. The van der Waals surface area contributed by atoms with E-state index < -0.39 is 0 Å². The molecule has 0 aliphatic rings. The van der Waals surface area contributed by atoms with Crippen LogP contribution in [0.5, 0.6) is 0 Å². The number of nitrogen functional groups attached to an aromatic ring is 1. The lowest BCUT2D eigenvalue weighted by atomic mass is 10.1. The summed E-state index contributed by atoms with van der Waals surface area (Å²) in [5, 5.41) is 6.62. The zero-order chi connectivity index (χ0) is 15.5. The summed E-state index contributed by atoms with van der Waals surface area (Å²) in [5.41, 5.74) is 7.20. The number of carbonyl (C=O) groups is 1. The molecule has 0 radical (unpaired) electrons. The van der Waals surface area contributed by atoms with Crippen molar-refractivity contribution in [3.8, 4) is 11.5 Å². The third kappa shape index (κ3) is 2.71. The minimum Gasteiger partial charge on any atom is -0.460 e. The Morgan fingerprint density at radius 2 is 2.00 bits per heavy atom. The highest BCUT2D eigenvalue weighted by Crippen LogP contribution is 2.28. The summed E-state index contributed by atoms with van der Waals surface area (Å²) in [6.07, 6.45) is 0. The van der Waals surface area contributed by atoms with E-state index in [1.165, 1.54) is 0 Å². The summed E-state index contributed by atoms with van der Waals surface area (Å²) in [6, 6.07) is 13.1. The van der Waals surface area contributed by atoms with Crippen molar-refractivity contribution in [3.63, 3.8) is 0 Å². The van der Waals surface area contributed by atoms with E-state index in [0.29, 0.717) is 23.8 Å². The number of nitrogens with zero attached hydrogens (tertiary/aromatic N) is 1. The molecule has 0 saturated heterocycles. The van der Waals surface area contributed by atoms with Crippen LogP contribution in [0.25, 0.3) is 11.5 Å². The highest BCUT2D eigenvalue weighted by atomic mass is 16.5. The normalized spacial score (nSPS) is 10.6. The van der Waals surface area contributed by atoms with Crippen molar-refractivity contribution in [2.24, 2.45) is 0 Å². The Morgan fingerprint density at radius 1 is 1.23 bits per heavy atom. The Kier molecular flexibility index (Phi) is 3.65. The number of furan rings is 1. The molecule has 22 heavy (non-hydrogen) atoms. The number of hydrogen-bond donors (Lipinski definition) is 2. The molecular formula is C16H15N3O3. The van der Waals surface area contributed by atoms with Crippen molar-refractivity contribution in [2.75, 3.05) is 5.73 Å². The van der Waals surface area contributed by atoms with Crippen LogP contribution in [0.4, 0.5) is 5.88 Å². The maximum absolute atomic E-state index is 12.4. The number of benzene rings is 1. The largest absolute Gasteiger partial charge is 0.460 e. The van der Waals surface area contributed by atoms with Gasteiger partial charge in [0.05, 0.1) is 0 Å². The van der Waals surface area contributed by atoms with Crippen molar-refractivity contribution >= 4 is 11.8 Å². The molecule has 0 aliphatic heterocycles. The molecule has 2 heterocycles. The first-order chi connectivity index (χ1) is 10.6. The lowest BCUT2D eigenvalue weighted by Crippen LogP contribution is -2.23. The first-order valence-electron chi connectivity index (χ1n) is 6.79. The zero-order valence-corrected chi connectivity index (χ0v) is 12.0. The van der Waals surface area contributed by atoms with E-state index in [1.807, 2.05) is 37.3 Å². The number of aromatic nitrogens is 1. The van der Waals surface area contributed by atoms with Gasteiger partial charge < -0.3 is 20.0 Å². The van der Waals surface area contributed by atoms with Crippen LogP contribution in [0.2, 0.25) is 0 Å². The van der Waals surface area contributed by atoms with Crippen LogP contribution in [-0.2, 0) is 6.54 Å². The smallest absolute Gasteiger partial charge is 0.259 e. The van der Waals surface area contributed by atoms with Crippen molar-refractivity contribution in [1.29, 1.82) is 0 Å². The van der Waals surface area contributed by atoms with Gasteiger partial charge in [0, 0.05) is 6.54 Å². The summed E-state index contributed by atoms with van der Waals surface area (Å²) < 4.78 is 10.4. The number of amides is 1. The Balaban J connectivity index is 1.82. The van der Waals surface area contributed by atoms with Crippen LogP contribution < -0.4 is 11.1 Å². The number of aryl methyl sites for hydroxylation is 1. The second-order valence-corrected chi connectivity index (χ2v) is 4.85. The highest BCUT2D eigenvalue weighted by Gasteiger charge is 2.24.